The molecule has 1 aromatic carbocycles. The number of amides is 2. The Labute approximate surface area is 179 Å². The SMILES string of the molecule is CC(=O)N1CCN(c2nc3c(s2)C[C@H](C(=O)NCc2ccc(Cl)cc2)CC3)CC1. The van der Waals surface area contributed by atoms with Gasteiger partial charge in [-0.3, -0.25) is 9.59 Å². The van der Waals surface area contributed by atoms with Crippen LogP contribution in [0.15, 0.2) is 24.3 Å². The monoisotopic (exact) mass is 432 g/mol. The van der Waals surface area contributed by atoms with E-state index in [1.54, 1.807) is 18.3 Å². The largest absolute Gasteiger partial charge is 0.352 e. The topological polar surface area (TPSA) is 65.5 Å². The summed E-state index contributed by atoms with van der Waals surface area (Å²) in [6, 6.07) is 7.54. The van der Waals surface area contributed by atoms with Crippen molar-refractivity contribution in [3.63, 3.8) is 0 Å². The third kappa shape index (κ3) is 4.73. The van der Waals surface area contributed by atoms with Crippen LogP contribution < -0.4 is 10.2 Å². The van der Waals surface area contributed by atoms with E-state index in [0.29, 0.717) is 11.6 Å². The number of fused-ring (bicyclic) bond motifs is 1. The van der Waals surface area contributed by atoms with Gasteiger partial charge in [-0.15, -0.1) is 11.3 Å². The molecule has 0 bridgehead atoms. The van der Waals surface area contributed by atoms with Crippen molar-refractivity contribution in [2.75, 3.05) is 31.1 Å². The number of rotatable bonds is 4. The minimum absolute atomic E-state index is 0.00217. The number of nitrogens with zero attached hydrogens (tertiary/aromatic N) is 3. The quantitative estimate of drug-likeness (QED) is 0.806. The maximum atomic E-state index is 12.7. The molecule has 29 heavy (non-hydrogen) atoms. The molecule has 1 aliphatic carbocycles. The Morgan fingerprint density at radius 3 is 2.62 bits per heavy atom. The highest BCUT2D eigenvalue weighted by Gasteiger charge is 2.29. The van der Waals surface area contributed by atoms with Crippen LogP contribution in [0, 0.1) is 5.92 Å². The fourth-order valence-corrected chi connectivity index (χ4v) is 5.23. The molecule has 0 unspecified atom stereocenters. The number of aryl methyl sites for hydroxylation is 1. The lowest BCUT2D eigenvalue weighted by molar-refractivity contribution is -0.129. The number of hydrogen-bond acceptors (Lipinski definition) is 5. The fourth-order valence-electron chi connectivity index (χ4n) is 3.87. The molecule has 6 nitrogen and oxygen atoms in total. The van der Waals surface area contributed by atoms with Crippen molar-refractivity contribution in [1.82, 2.24) is 15.2 Å². The Kier molecular flexibility index (Phi) is 6.06. The van der Waals surface area contributed by atoms with E-state index < -0.39 is 0 Å². The molecule has 8 heteroatoms. The zero-order valence-electron chi connectivity index (χ0n) is 16.5. The van der Waals surface area contributed by atoms with E-state index in [1.165, 1.54) is 4.88 Å². The molecule has 2 aromatic rings. The Balaban J connectivity index is 1.33. The number of piperazine rings is 1. The van der Waals surface area contributed by atoms with Crippen LogP contribution in [0.25, 0.3) is 0 Å². The zero-order valence-corrected chi connectivity index (χ0v) is 18.1. The van der Waals surface area contributed by atoms with E-state index in [4.69, 9.17) is 16.6 Å². The van der Waals surface area contributed by atoms with E-state index in [0.717, 1.165) is 61.8 Å². The normalized spacial score (nSPS) is 19.0. The number of halogens is 1. The van der Waals surface area contributed by atoms with E-state index >= 15 is 0 Å². The number of carbonyl (C=O) groups is 2. The number of benzene rings is 1. The van der Waals surface area contributed by atoms with E-state index in [9.17, 15) is 9.59 Å². The molecule has 1 atom stereocenters. The van der Waals surface area contributed by atoms with E-state index in [2.05, 4.69) is 10.2 Å². The van der Waals surface area contributed by atoms with Crippen LogP contribution in [0.1, 0.15) is 29.5 Å². The molecule has 2 amide bonds. The van der Waals surface area contributed by atoms with Crippen LogP contribution >= 0.6 is 22.9 Å². The summed E-state index contributed by atoms with van der Waals surface area (Å²) in [4.78, 5) is 34.4. The van der Waals surface area contributed by atoms with Gasteiger partial charge in [0, 0.05) is 55.5 Å². The zero-order chi connectivity index (χ0) is 20.4. The Morgan fingerprint density at radius 1 is 1.21 bits per heavy atom. The Hall–Kier alpha value is -2.12. The van der Waals surface area contributed by atoms with Crippen molar-refractivity contribution in [3.8, 4) is 0 Å². The first-order valence-electron chi connectivity index (χ1n) is 10.0. The van der Waals surface area contributed by atoms with Gasteiger partial charge in [0.1, 0.15) is 0 Å². The highest BCUT2D eigenvalue weighted by atomic mass is 35.5. The Bertz CT molecular complexity index is 891. The molecule has 154 valence electrons. The second kappa shape index (κ2) is 8.71. The highest BCUT2D eigenvalue weighted by molar-refractivity contribution is 7.15. The van der Waals surface area contributed by atoms with Gasteiger partial charge in [0.15, 0.2) is 5.13 Å². The summed E-state index contributed by atoms with van der Waals surface area (Å²) in [5, 5.41) is 4.78. The van der Waals surface area contributed by atoms with Crippen molar-refractivity contribution >= 4 is 39.9 Å². The van der Waals surface area contributed by atoms with Gasteiger partial charge in [0.05, 0.1) is 5.69 Å². The molecule has 0 saturated carbocycles. The molecule has 0 radical (unpaired) electrons. The first-order chi connectivity index (χ1) is 14.0. The predicted octanol–water partition coefficient (Wildman–Crippen LogP) is 2.89. The lowest BCUT2D eigenvalue weighted by atomic mass is 9.90. The van der Waals surface area contributed by atoms with Crippen LogP contribution in [0.3, 0.4) is 0 Å². The molecule has 4 rings (SSSR count). The number of aromatic nitrogens is 1. The maximum Gasteiger partial charge on any atom is 0.223 e. The first kappa shape index (κ1) is 20.2. The van der Waals surface area contributed by atoms with E-state index in [-0.39, 0.29) is 17.7 Å². The van der Waals surface area contributed by atoms with Gasteiger partial charge in [-0.05, 0) is 37.0 Å². The molecule has 0 spiro atoms. The Morgan fingerprint density at radius 2 is 1.93 bits per heavy atom. The predicted molar refractivity (Wildman–Crippen MR) is 115 cm³/mol. The van der Waals surface area contributed by atoms with Crippen LogP contribution in [-0.4, -0.2) is 47.9 Å². The summed E-state index contributed by atoms with van der Waals surface area (Å²) in [7, 11) is 0. The summed E-state index contributed by atoms with van der Waals surface area (Å²) in [5.74, 6) is 0.240. The third-order valence-electron chi connectivity index (χ3n) is 5.67. The highest BCUT2D eigenvalue weighted by Crippen LogP contribution is 2.34. The summed E-state index contributed by atoms with van der Waals surface area (Å²) in [6.07, 6.45) is 2.44. The molecule has 1 aromatic heterocycles. The first-order valence-corrected chi connectivity index (χ1v) is 11.2. The standard InChI is InChI=1S/C21H25ClN4O2S/c1-14(27)25-8-10-26(11-9-25)21-24-18-7-4-16(12-19(18)29-21)20(28)23-13-15-2-5-17(22)6-3-15/h2-3,5-6,16H,4,7-13H2,1H3,(H,23,28)/t16-/m1/s1. The molecule has 1 N–H and O–H groups in total. The second-order valence-corrected chi connectivity index (χ2v) is 9.14. The van der Waals surface area contributed by atoms with E-state index in [1.807, 2.05) is 29.2 Å². The van der Waals surface area contributed by atoms with Crippen molar-refractivity contribution in [2.45, 2.75) is 32.7 Å². The van der Waals surface area contributed by atoms with Crippen LogP contribution in [0.2, 0.25) is 5.02 Å². The van der Waals surface area contributed by atoms with Gasteiger partial charge in [-0.25, -0.2) is 4.98 Å². The molecular weight excluding hydrogens is 408 g/mol. The van der Waals surface area contributed by atoms with Crippen molar-refractivity contribution in [3.05, 3.63) is 45.4 Å². The number of hydrogen-bond donors (Lipinski definition) is 1. The lowest BCUT2D eigenvalue weighted by Crippen LogP contribution is -2.48. The van der Waals surface area contributed by atoms with Crippen molar-refractivity contribution in [2.24, 2.45) is 5.92 Å². The number of thiazole rings is 1. The van der Waals surface area contributed by atoms with Gasteiger partial charge in [-0.1, -0.05) is 23.7 Å². The van der Waals surface area contributed by atoms with Gasteiger partial charge in [0.2, 0.25) is 11.8 Å². The lowest BCUT2D eigenvalue weighted by Gasteiger charge is -2.33. The minimum atomic E-state index is -0.00217. The maximum absolute atomic E-state index is 12.7. The molecule has 1 saturated heterocycles. The van der Waals surface area contributed by atoms with Crippen LogP contribution in [0.4, 0.5) is 5.13 Å². The van der Waals surface area contributed by atoms with Gasteiger partial charge >= 0.3 is 0 Å². The number of anilines is 1. The summed E-state index contributed by atoms with van der Waals surface area (Å²) in [6.45, 7) is 5.27. The average Bonchev–Trinajstić information content (AvgIpc) is 3.16. The van der Waals surface area contributed by atoms with Gasteiger partial charge < -0.3 is 15.1 Å². The summed E-state index contributed by atoms with van der Waals surface area (Å²) < 4.78 is 0. The average molecular weight is 433 g/mol. The van der Waals surface area contributed by atoms with Crippen molar-refractivity contribution in [1.29, 1.82) is 0 Å². The third-order valence-corrected chi connectivity index (χ3v) is 7.11. The van der Waals surface area contributed by atoms with Crippen molar-refractivity contribution < 1.29 is 9.59 Å². The summed E-state index contributed by atoms with van der Waals surface area (Å²) in [5.41, 5.74) is 2.18. The van der Waals surface area contributed by atoms with Crippen LogP contribution in [-0.2, 0) is 29.0 Å². The van der Waals surface area contributed by atoms with Crippen LogP contribution in [0.5, 0.6) is 0 Å². The van der Waals surface area contributed by atoms with Gasteiger partial charge in [0.25, 0.3) is 0 Å². The second-order valence-electron chi connectivity index (χ2n) is 7.64. The number of carbonyl (C=O) groups excluding carboxylic acids is 2. The molecule has 2 aliphatic rings. The fraction of sp³-hybridized carbons (Fsp3) is 0.476. The molecule has 2 heterocycles. The minimum Gasteiger partial charge on any atom is -0.352 e. The molecular formula is C21H25ClN4O2S. The number of nitrogens with one attached hydrogen (secondary N) is 1. The molecule has 1 fully saturated rings. The van der Waals surface area contributed by atoms with Gasteiger partial charge in [-0.2, -0.15) is 0 Å². The smallest absolute Gasteiger partial charge is 0.223 e. The summed E-state index contributed by atoms with van der Waals surface area (Å²) >= 11 is 7.62. The molecule has 1 aliphatic heterocycles.